The first-order valence-electron chi connectivity index (χ1n) is 10.5. The van der Waals surface area contributed by atoms with E-state index in [4.69, 9.17) is 55.9 Å². The second kappa shape index (κ2) is 12.0. The van der Waals surface area contributed by atoms with Crippen LogP contribution in [0.15, 0.2) is 65.1 Å². The Balaban J connectivity index is 1.45. The van der Waals surface area contributed by atoms with Gasteiger partial charge >= 0.3 is 5.97 Å². The van der Waals surface area contributed by atoms with Crippen LogP contribution < -0.4 is 14.9 Å². The number of ether oxygens (including phenoxy) is 2. The zero-order valence-electron chi connectivity index (χ0n) is 18.6. The molecule has 36 heavy (non-hydrogen) atoms. The Bertz CT molecular complexity index is 1440. The van der Waals surface area contributed by atoms with Gasteiger partial charge in [0.2, 0.25) is 5.13 Å². The van der Waals surface area contributed by atoms with Gasteiger partial charge in [-0.2, -0.15) is 5.10 Å². The average Bonchev–Trinajstić information content (AvgIpc) is 3.31. The fourth-order valence-electron chi connectivity index (χ4n) is 3.05. The summed E-state index contributed by atoms with van der Waals surface area (Å²) in [5, 5.41) is 8.39. The van der Waals surface area contributed by atoms with Crippen LogP contribution in [0, 0.1) is 0 Å². The normalized spacial score (nSPS) is 11.0. The van der Waals surface area contributed by atoms with Crippen LogP contribution in [0.25, 0.3) is 11.3 Å². The molecule has 0 saturated carbocycles. The molecule has 0 aliphatic rings. The number of carbonyl (C=O) groups excluding carboxylic acids is 1. The van der Waals surface area contributed by atoms with Crippen LogP contribution in [0.1, 0.15) is 22.8 Å². The molecule has 0 bridgehead atoms. The van der Waals surface area contributed by atoms with Crippen molar-refractivity contribution in [3.63, 3.8) is 0 Å². The van der Waals surface area contributed by atoms with Gasteiger partial charge in [-0.25, -0.2) is 9.78 Å². The molecule has 4 rings (SSSR count). The standard InChI is InChI=1S/C25H17Cl4N3O3S/c1-2-34-23-9-14(3-8-22(23)35-24(33)15-4-7-18(27)20(29)10-15)12-30-32-25-31-21(13-36-25)17-6-5-16(26)11-19(17)28/h3-13H,2H2,1H3,(H,31,32)/b30-12+. The number of aromatic nitrogens is 1. The van der Waals surface area contributed by atoms with E-state index in [9.17, 15) is 4.79 Å². The molecule has 1 N–H and O–H groups in total. The lowest BCUT2D eigenvalue weighted by Crippen LogP contribution is -2.10. The van der Waals surface area contributed by atoms with E-state index in [1.807, 2.05) is 18.4 Å². The highest BCUT2D eigenvalue weighted by molar-refractivity contribution is 7.14. The third-order valence-electron chi connectivity index (χ3n) is 4.71. The molecule has 4 aromatic rings. The number of carbonyl (C=O) groups is 1. The first-order chi connectivity index (χ1) is 17.3. The van der Waals surface area contributed by atoms with Crippen LogP contribution in [-0.4, -0.2) is 23.8 Å². The lowest BCUT2D eigenvalue weighted by Gasteiger charge is -2.11. The molecule has 0 radical (unpaired) electrons. The third-order valence-corrected chi connectivity index (χ3v) is 6.74. The molecule has 6 nitrogen and oxygen atoms in total. The highest BCUT2D eigenvalue weighted by atomic mass is 35.5. The van der Waals surface area contributed by atoms with Gasteiger partial charge in [0.1, 0.15) is 0 Å². The molecule has 0 fully saturated rings. The van der Waals surface area contributed by atoms with Gasteiger partial charge in [-0.15, -0.1) is 11.3 Å². The maximum Gasteiger partial charge on any atom is 0.343 e. The van der Waals surface area contributed by atoms with Crippen molar-refractivity contribution >= 4 is 75.1 Å². The molecule has 0 unspecified atom stereocenters. The van der Waals surface area contributed by atoms with Crippen LogP contribution in [0.2, 0.25) is 20.1 Å². The molecule has 0 spiro atoms. The summed E-state index contributed by atoms with van der Waals surface area (Å²) in [5.74, 6) is 0.0733. The predicted octanol–water partition coefficient (Wildman–Crippen LogP) is 8.49. The summed E-state index contributed by atoms with van der Waals surface area (Å²) in [6.45, 7) is 2.21. The van der Waals surface area contributed by atoms with Crippen molar-refractivity contribution in [3.8, 4) is 22.8 Å². The van der Waals surface area contributed by atoms with Crippen LogP contribution in [-0.2, 0) is 0 Å². The molecule has 0 saturated heterocycles. The Morgan fingerprint density at radius 3 is 2.58 bits per heavy atom. The average molecular weight is 581 g/mol. The monoisotopic (exact) mass is 579 g/mol. The SMILES string of the molecule is CCOc1cc(/C=N/Nc2nc(-c3ccc(Cl)cc3Cl)cs2)ccc1OC(=O)c1ccc(Cl)c(Cl)c1. The van der Waals surface area contributed by atoms with Gasteiger partial charge in [0.15, 0.2) is 11.5 Å². The van der Waals surface area contributed by atoms with E-state index in [-0.39, 0.29) is 16.3 Å². The first kappa shape index (κ1) is 26.3. The summed E-state index contributed by atoms with van der Waals surface area (Å²) >= 11 is 25.5. The molecule has 184 valence electrons. The van der Waals surface area contributed by atoms with Gasteiger partial charge in [0.05, 0.1) is 39.1 Å². The van der Waals surface area contributed by atoms with Gasteiger partial charge in [-0.05, 0) is 67.1 Å². The van der Waals surface area contributed by atoms with Gasteiger partial charge in [-0.3, -0.25) is 5.43 Å². The largest absolute Gasteiger partial charge is 0.490 e. The van der Waals surface area contributed by atoms with Crippen molar-refractivity contribution in [2.45, 2.75) is 6.92 Å². The second-order valence-corrected chi connectivity index (χ2v) is 9.71. The minimum atomic E-state index is -0.585. The summed E-state index contributed by atoms with van der Waals surface area (Å²) in [6.07, 6.45) is 1.60. The van der Waals surface area contributed by atoms with E-state index in [2.05, 4.69) is 15.5 Å². The van der Waals surface area contributed by atoms with Crippen LogP contribution >= 0.6 is 57.7 Å². The van der Waals surface area contributed by atoms with Crippen LogP contribution in [0.3, 0.4) is 0 Å². The Morgan fingerprint density at radius 1 is 1.00 bits per heavy atom. The number of benzene rings is 3. The Morgan fingerprint density at radius 2 is 1.83 bits per heavy atom. The molecule has 0 amide bonds. The van der Waals surface area contributed by atoms with E-state index in [0.717, 1.165) is 11.1 Å². The molecule has 1 aromatic heterocycles. The fraction of sp³-hybridized carbons (Fsp3) is 0.0800. The summed E-state index contributed by atoms with van der Waals surface area (Å²) in [5.41, 5.74) is 5.38. The summed E-state index contributed by atoms with van der Waals surface area (Å²) < 4.78 is 11.2. The maximum atomic E-state index is 12.6. The zero-order valence-corrected chi connectivity index (χ0v) is 22.4. The fourth-order valence-corrected chi connectivity index (χ4v) is 4.51. The number of hydrazone groups is 1. The van der Waals surface area contributed by atoms with E-state index >= 15 is 0 Å². The molecular weight excluding hydrogens is 564 g/mol. The number of rotatable bonds is 8. The molecule has 11 heteroatoms. The number of nitrogens with one attached hydrogen (secondary N) is 1. The second-order valence-electron chi connectivity index (χ2n) is 7.19. The van der Waals surface area contributed by atoms with Gasteiger partial charge in [0.25, 0.3) is 0 Å². The van der Waals surface area contributed by atoms with E-state index < -0.39 is 5.97 Å². The number of esters is 1. The number of thiazole rings is 1. The van der Waals surface area contributed by atoms with Crippen molar-refractivity contribution < 1.29 is 14.3 Å². The van der Waals surface area contributed by atoms with Gasteiger partial charge < -0.3 is 9.47 Å². The van der Waals surface area contributed by atoms with E-state index in [0.29, 0.717) is 38.2 Å². The molecule has 1 heterocycles. The predicted molar refractivity (Wildman–Crippen MR) is 148 cm³/mol. The molecule has 0 aliphatic carbocycles. The van der Waals surface area contributed by atoms with E-state index in [1.54, 1.807) is 36.5 Å². The summed E-state index contributed by atoms with van der Waals surface area (Å²) in [6, 6.07) is 14.9. The smallest absolute Gasteiger partial charge is 0.343 e. The molecule has 3 aromatic carbocycles. The lowest BCUT2D eigenvalue weighted by atomic mass is 10.2. The topological polar surface area (TPSA) is 72.8 Å². The number of hydrogen-bond acceptors (Lipinski definition) is 7. The molecule has 0 atom stereocenters. The lowest BCUT2D eigenvalue weighted by molar-refractivity contribution is 0.0728. The van der Waals surface area contributed by atoms with Crippen molar-refractivity contribution in [1.82, 2.24) is 4.98 Å². The molecule has 0 aliphatic heterocycles. The van der Waals surface area contributed by atoms with Crippen LogP contribution in [0.5, 0.6) is 11.5 Å². The quantitative estimate of drug-likeness (QED) is 0.0978. The minimum absolute atomic E-state index is 0.263. The Hall–Kier alpha value is -2.81. The number of hydrogen-bond donors (Lipinski definition) is 1. The minimum Gasteiger partial charge on any atom is -0.490 e. The number of halogens is 4. The highest BCUT2D eigenvalue weighted by Gasteiger charge is 2.15. The van der Waals surface area contributed by atoms with Crippen molar-refractivity contribution in [2.24, 2.45) is 5.10 Å². The van der Waals surface area contributed by atoms with Gasteiger partial charge in [0, 0.05) is 16.0 Å². The van der Waals surface area contributed by atoms with E-state index in [1.165, 1.54) is 29.5 Å². The summed E-state index contributed by atoms with van der Waals surface area (Å²) in [4.78, 5) is 17.1. The zero-order chi connectivity index (χ0) is 25.7. The Kier molecular flexibility index (Phi) is 8.72. The number of nitrogens with zero attached hydrogens (tertiary/aromatic N) is 2. The van der Waals surface area contributed by atoms with Crippen molar-refractivity contribution in [2.75, 3.05) is 12.0 Å². The van der Waals surface area contributed by atoms with Crippen molar-refractivity contribution in [1.29, 1.82) is 0 Å². The third kappa shape index (κ3) is 6.49. The van der Waals surface area contributed by atoms with Crippen LogP contribution in [0.4, 0.5) is 5.13 Å². The molecular formula is C25H17Cl4N3O3S. The van der Waals surface area contributed by atoms with Crippen molar-refractivity contribution in [3.05, 3.63) is 91.2 Å². The first-order valence-corrected chi connectivity index (χ1v) is 12.9. The Labute approximate surface area is 231 Å². The summed E-state index contributed by atoms with van der Waals surface area (Å²) in [7, 11) is 0. The highest BCUT2D eigenvalue weighted by Crippen LogP contribution is 2.33. The number of anilines is 1. The maximum absolute atomic E-state index is 12.6. The van der Waals surface area contributed by atoms with Gasteiger partial charge in [-0.1, -0.05) is 46.4 Å².